The minimum Gasteiger partial charge on any atom is -0.330 e. The lowest BCUT2D eigenvalue weighted by molar-refractivity contribution is -0.157. The van der Waals surface area contributed by atoms with E-state index < -0.39 is 5.91 Å². The Morgan fingerprint density at radius 3 is 2.47 bits per heavy atom. The minimum absolute atomic E-state index is 0.239. The van der Waals surface area contributed by atoms with Gasteiger partial charge in [0.25, 0.3) is 0 Å². The fourth-order valence-corrected chi connectivity index (χ4v) is 2.69. The van der Waals surface area contributed by atoms with Crippen molar-refractivity contribution in [1.29, 1.82) is 0 Å². The molecule has 0 bridgehead atoms. The van der Waals surface area contributed by atoms with E-state index in [1.54, 1.807) is 4.90 Å². The molecule has 1 aliphatic heterocycles. The molecule has 2 fully saturated rings. The summed E-state index contributed by atoms with van der Waals surface area (Å²) in [5.74, 6) is 1.62. The molecule has 1 heterocycles. The first-order valence-electron chi connectivity index (χ1n) is 6.27. The van der Waals surface area contributed by atoms with E-state index in [4.69, 9.17) is 6.42 Å². The van der Waals surface area contributed by atoms with Crippen molar-refractivity contribution in [2.75, 3.05) is 19.6 Å². The van der Waals surface area contributed by atoms with Crippen molar-refractivity contribution in [3.63, 3.8) is 0 Å². The van der Waals surface area contributed by atoms with Crippen LogP contribution in [0, 0.1) is 12.3 Å². The summed E-state index contributed by atoms with van der Waals surface area (Å²) in [5.41, 5.74) is 0. The summed E-state index contributed by atoms with van der Waals surface area (Å²) in [7, 11) is 0. The molecule has 92 valence electrons. The molecule has 2 aliphatic rings. The molecule has 1 saturated carbocycles. The lowest BCUT2D eigenvalue weighted by atomic mass is 9.93. The first-order valence-corrected chi connectivity index (χ1v) is 6.27. The second-order valence-corrected chi connectivity index (χ2v) is 4.72. The lowest BCUT2D eigenvalue weighted by Gasteiger charge is -2.39. The summed E-state index contributed by atoms with van der Waals surface area (Å²) >= 11 is 0. The molecule has 0 unspecified atom stereocenters. The summed E-state index contributed by atoms with van der Waals surface area (Å²) in [6, 6.07) is 0.271. The predicted octanol–water partition coefficient (Wildman–Crippen LogP) is 0.623. The molecule has 0 N–H and O–H groups in total. The predicted molar refractivity (Wildman–Crippen MR) is 64.0 cm³/mol. The molecular formula is C13H18N2O2. The largest absolute Gasteiger partial charge is 0.330 e. The van der Waals surface area contributed by atoms with Crippen LogP contribution >= 0.6 is 0 Å². The van der Waals surface area contributed by atoms with Crippen molar-refractivity contribution >= 4 is 11.8 Å². The number of terminal acetylenes is 1. The van der Waals surface area contributed by atoms with Gasteiger partial charge in [-0.1, -0.05) is 25.2 Å². The highest BCUT2D eigenvalue weighted by molar-refractivity contribution is 6.35. The summed E-state index contributed by atoms with van der Waals surface area (Å²) in [5, 5.41) is 0. The van der Waals surface area contributed by atoms with Crippen LogP contribution in [0.2, 0.25) is 0 Å². The van der Waals surface area contributed by atoms with E-state index in [1.165, 1.54) is 11.3 Å². The monoisotopic (exact) mass is 234 g/mol. The zero-order valence-electron chi connectivity index (χ0n) is 10.0. The summed E-state index contributed by atoms with van der Waals surface area (Å²) < 4.78 is 0. The van der Waals surface area contributed by atoms with E-state index >= 15 is 0 Å². The Morgan fingerprint density at radius 2 is 1.82 bits per heavy atom. The number of hydrogen-bond acceptors (Lipinski definition) is 2. The van der Waals surface area contributed by atoms with Crippen LogP contribution in [0.4, 0.5) is 0 Å². The third-order valence-corrected chi connectivity index (χ3v) is 3.64. The van der Waals surface area contributed by atoms with Gasteiger partial charge in [-0.3, -0.25) is 9.59 Å². The minimum atomic E-state index is -0.431. The van der Waals surface area contributed by atoms with Crippen LogP contribution < -0.4 is 0 Å². The summed E-state index contributed by atoms with van der Waals surface area (Å²) in [6.07, 6.45) is 10.8. The number of nitrogens with zero attached hydrogens (tertiary/aromatic N) is 2. The third kappa shape index (κ3) is 2.44. The fraction of sp³-hybridized carbons (Fsp3) is 0.692. The molecular weight excluding hydrogens is 216 g/mol. The molecule has 0 radical (unpaired) electrons. The van der Waals surface area contributed by atoms with Gasteiger partial charge in [-0.25, -0.2) is 0 Å². The van der Waals surface area contributed by atoms with Crippen molar-refractivity contribution in [3.05, 3.63) is 0 Å². The second kappa shape index (κ2) is 5.22. The van der Waals surface area contributed by atoms with E-state index in [9.17, 15) is 9.59 Å². The fourth-order valence-electron chi connectivity index (χ4n) is 2.69. The maximum atomic E-state index is 12.0. The van der Waals surface area contributed by atoms with E-state index in [0.29, 0.717) is 13.1 Å². The molecule has 1 aliphatic carbocycles. The summed E-state index contributed by atoms with van der Waals surface area (Å²) in [6.45, 7) is 1.45. The van der Waals surface area contributed by atoms with E-state index in [2.05, 4.69) is 5.92 Å². The smallest absolute Gasteiger partial charge is 0.312 e. The standard InChI is InChI=1S/C13H18N2O2/c1-2-8-14-9-10-15(13(17)12(14)16)11-6-4-3-5-7-11/h1,11H,3-10H2. The zero-order valence-corrected chi connectivity index (χ0v) is 10.0. The first-order chi connectivity index (χ1) is 8.24. The second-order valence-electron chi connectivity index (χ2n) is 4.72. The van der Waals surface area contributed by atoms with Crippen LogP contribution in [0.1, 0.15) is 32.1 Å². The van der Waals surface area contributed by atoms with Gasteiger partial charge in [0.05, 0.1) is 6.54 Å². The van der Waals surface area contributed by atoms with Gasteiger partial charge in [-0.05, 0) is 12.8 Å². The Kier molecular flexibility index (Phi) is 3.68. The van der Waals surface area contributed by atoms with Gasteiger partial charge >= 0.3 is 11.8 Å². The quantitative estimate of drug-likeness (QED) is 0.519. The SMILES string of the molecule is C#CCN1CCN(C2CCCCC2)C(=O)C1=O. The Morgan fingerprint density at radius 1 is 1.12 bits per heavy atom. The maximum absolute atomic E-state index is 12.0. The highest BCUT2D eigenvalue weighted by atomic mass is 16.2. The number of carbonyl (C=O) groups excluding carboxylic acids is 2. The maximum Gasteiger partial charge on any atom is 0.312 e. The van der Waals surface area contributed by atoms with Crippen LogP contribution in [0.5, 0.6) is 0 Å². The first kappa shape index (κ1) is 12.0. The van der Waals surface area contributed by atoms with Crippen LogP contribution in [-0.2, 0) is 9.59 Å². The highest BCUT2D eigenvalue weighted by Gasteiger charge is 2.36. The van der Waals surface area contributed by atoms with Gasteiger partial charge < -0.3 is 9.80 Å². The summed E-state index contributed by atoms with van der Waals surface area (Å²) in [4.78, 5) is 27.0. The van der Waals surface area contributed by atoms with E-state index in [0.717, 1.165) is 25.7 Å². The van der Waals surface area contributed by atoms with Crippen LogP contribution in [-0.4, -0.2) is 47.3 Å². The third-order valence-electron chi connectivity index (χ3n) is 3.64. The normalized spacial score (nSPS) is 22.8. The molecule has 0 aromatic carbocycles. The Bertz CT molecular complexity index is 353. The molecule has 2 amide bonds. The van der Waals surface area contributed by atoms with Gasteiger partial charge in [0.15, 0.2) is 0 Å². The molecule has 4 heteroatoms. The Labute approximate surface area is 102 Å². The van der Waals surface area contributed by atoms with Gasteiger partial charge in [0, 0.05) is 19.1 Å². The number of carbonyl (C=O) groups is 2. The van der Waals surface area contributed by atoms with Crippen molar-refractivity contribution < 1.29 is 9.59 Å². The molecule has 0 aromatic heterocycles. The van der Waals surface area contributed by atoms with Gasteiger partial charge in [-0.2, -0.15) is 0 Å². The number of hydrogen-bond donors (Lipinski definition) is 0. The number of rotatable bonds is 2. The molecule has 0 atom stereocenters. The van der Waals surface area contributed by atoms with E-state index in [-0.39, 0.29) is 18.5 Å². The lowest BCUT2D eigenvalue weighted by Crippen LogP contribution is -2.57. The number of amides is 2. The van der Waals surface area contributed by atoms with Crippen LogP contribution in [0.25, 0.3) is 0 Å². The van der Waals surface area contributed by atoms with Crippen molar-refractivity contribution in [1.82, 2.24) is 9.80 Å². The van der Waals surface area contributed by atoms with Crippen molar-refractivity contribution in [2.45, 2.75) is 38.1 Å². The average Bonchev–Trinajstić information content (AvgIpc) is 2.36. The Balaban J connectivity index is 2.00. The van der Waals surface area contributed by atoms with Gasteiger partial charge in [0.2, 0.25) is 0 Å². The molecule has 17 heavy (non-hydrogen) atoms. The van der Waals surface area contributed by atoms with Crippen LogP contribution in [0.15, 0.2) is 0 Å². The molecule has 1 saturated heterocycles. The molecule has 0 spiro atoms. The van der Waals surface area contributed by atoms with E-state index in [1.807, 2.05) is 0 Å². The molecule has 0 aromatic rings. The van der Waals surface area contributed by atoms with Gasteiger partial charge in [-0.15, -0.1) is 6.42 Å². The van der Waals surface area contributed by atoms with Crippen LogP contribution in [0.3, 0.4) is 0 Å². The average molecular weight is 234 g/mol. The topological polar surface area (TPSA) is 40.6 Å². The zero-order chi connectivity index (χ0) is 12.3. The van der Waals surface area contributed by atoms with Crippen molar-refractivity contribution in [2.24, 2.45) is 0 Å². The highest BCUT2D eigenvalue weighted by Crippen LogP contribution is 2.24. The molecule has 2 rings (SSSR count). The number of piperazine rings is 1. The Hall–Kier alpha value is -1.50. The van der Waals surface area contributed by atoms with Gasteiger partial charge in [0.1, 0.15) is 0 Å². The van der Waals surface area contributed by atoms with Crippen molar-refractivity contribution in [3.8, 4) is 12.3 Å². The molecule has 4 nitrogen and oxygen atoms in total.